The Morgan fingerprint density at radius 2 is 1.68 bits per heavy atom. The van der Waals surface area contributed by atoms with Gasteiger partial charge in [-0.15, -0.1) is 0 Å². The molecular formula is C25H31FN2O5S. The van der Waals surface area contributed by atoms with Crippen LogP contribution in [0.1, 0.15) is 24.8 Å². The molecular weight excluding hydrogens is 459 g/mol. The fraction of sp³-hybridized carbons (Fsp3) is 0.480. The third-order valence-corrected chi connectivity index (χ3v) is 8.80. The van der Waals surface area contributed by atoms with Crippen LogP contribution in [0.5, 0.6) is 5.75 Å². The highest BCUT2D eigenvalue weighted by Crippen LogP contribution is 2.38. The molecule has 184 valence electrons. The summed E-state index contributed by atoms with van der Waals surface area (Å²) in [5.41, 5.74) is 0.197. The number of rotatable bonds is 7. The first kappa shape index (κ1) is 24.6. The van der Waals surface area contributed by atoms with Crippen LogP contribution in [0.2, 0.25) is 0 Å². The van der Waals surface area contributed by atoms with Crippen molar-refractivity contribution in [2.75, 3.05) is 46.0 Å². The van der Waals surface area contributed by atoms with Gasteiger partial charge in [-0.25, -0.2) is 12.8 Å². The first-order valence-electron chi connectivity index (χ1n) is 11.6. The number of benzene rings is 2. The summed E-state index contributed by atoms with van der Waals surface area (Å²) in [5.74, 6) is 0.204. The molecule has 0 aromatic heterocycles. The van der Waals surface area contributed by atoms with Crippen molar-refractivity contribution in [3.8, 4) is 5.75 Å². The maximum atomic E-state index is 13.3. The number of aryl methyl sites for hydroxylation is 1. The zero-order valence-corrected chi connectivity index (χ0v) is 20.2. The van der Waals surface area contributed by atoms with E-state index in [1.807, 2.05) is 6.07 Å². The molecule has 0 aliphatic carbocycles. The summed E-state index contributed by atoms with van der Waals surface area (Å²) < 4.78 is 52.7. The van der Waals surface area contributed by atoms with Crippen LogP contribution in [-0.2, 0) is 19.6 Å². The number of amides is 1. The lowest BCUT2D eigenvalue weighted by Crippen LogP contribution is -2.49. The van der Waals surface area contributed by atoms with Crippen molar-refractivity contribution in [3.63, 3.8) is 0 Å². The van der Waals surface area contributed by atoms with E-state index in [2.05, 4.69) is 0 Å². The van der Waals surface area contributed by atoms with Crippen molar-refractivity contribution >= 4 is 15.9 Å². The summed E-state index contributed by atoms with van der Waals surface area (Å²) >= 11 is 0. The van der Waals surface area contributed by atoms with Crippen LogP contribution in [0.4, 0.5) is 4.39 Å². The zero-order chi connectivity index (χ0) is 24.2. The fourth-order valence-electron chi connectivity index (χ4n) is 4.57. The van der Waals surface area contributed by atoms with Crippen LogP contribution in [0.3, 0.4) is 0 Å². The lowest BCUT2D eigenvalue weighted by Gasteiger charge is -2.42. The van der Waals surface area contributed by atoms with Gasteiger partial charge in [0.1, 0.15) is 11.6 Å². The molecule has 2 heterocycles. The second-order valence-corrected chi connectivity index (χ2v) is 11.0. The highest BCUT2D eigenvalue weighted by atomic mass is 32.2. The van der Waals surface area contributed by atoms with E-state index < -0.39 is 15.4 Å². The number of morpholine rings is 1. The Hall–Kier alpha value is -2.49. The Morgan fingerprint density at radius 1 is 1.03 bits per heavy atom. The third kappa shape index (κ3) is 5.59. The molecule has 2 fully saturated rings. The number of halogens is 1. The maximum Gasteiger partial charge on any atom is 0.243 e. The summed E-state index contributed by atoms with van der Waals surface area (Å²) in [4.78, 5) is 15.2. The van der Waals surface area contributed by atoms with Crippen LogP contribution >= 0.6 is 0 Å². The van der Waals surface area contributed by atoms with Crippen LogP contribution in [0.15, 0.2) is 53.4 Å². The number of hydrogen-bond acceptors (Lipinski definition) is 5. The maximum absolute atomic E-state index is 13.3. The second kappa shape index (κ2) is 10.4. The van der Waals surface area contributed by atoms with Crippen molar-refractivity contribution in [1.82, 2.24) is 9.21 Å². The standard InChI is InChI=1S/C25H31FN2O5S/c1-20-4-2-3-5-23(20)34(30,31)28-12-10-25(11-13-28,18-24(29)27-14-16-32-17-15-27)19-33-22-8-6-21(26)7-9-22/h2-9H,10-19H2,1H3. The second-order valence-electron chi connectivity index (χ2n) is 9.08. The molecule has 4 rings (SSSR count). The molecule has 0 spiro atoms. The van der Waals surface area contributed by atoms with Gasteiger partial charge in [0.05, 0.1) is 24.7 Å². The number of ether oxygens (including phenoxy) is 2. The lowest BCUT2D eigenvalue weighted by molar-refractivity contribution is -0.139. The smallest absolute Gasteiger partial charge is 0.243 e. The van der Waals surface area contributed by atoms with Crippen LogP contribution < -0.4 is 4.74 Å². The average molecular weight is 491 g/mol. The third-order valence-electron chi connectivity index (χ3n) is 6.74. The number of sulfonamides is 1. The largest absolute Gasteiger partial charge is 0.493 e. The van der Waals surface area contributed by atoms with Crippen LogP contribution in [0.25, 0.3) is 0 Å². The molecule has 0 atom stereocenters. The first-order valence-corrected chi connectivity index (χ1v) is 13.0. The van der Waals surface area contributed by atoms with Crippen molar-refractivity contribution in [3.05, 3.63) is 59.9 Å². The molecule has 0 saturated carbocycles. The normalized spacial score (nSPS) is 19.1. The van der Waals surface area contributed by atoms with Crippen molar-refractivity contribution in [2.45, 2.75) is 31.1 Å². The summed E-state index contributed by atoms with van der Waals surface area (Å²) in [6.07, 6.45) is 1.26. The monoisotopic (exact) mass is 490 g/mol. The highest BCUT2D eigenvalue weighted by Gasteiger charge is 2.42. The quantitative estimate of drug-likeness (QED) is 0.596. The van der Waals surface area contributed by atoms with E-state index in [-0.39, 0.29) is 24.8 Å². The lowest BCUT2D eigenvalue weighted by atomic mass is 9.76. The minimum Gasteiger partial charge on any atom is -0.493 e. The van der Waals surface area contributed by atoms with Gasteiger partial charge in [0.15, 0.2) is 0 Å². The van der Waals surface area contributed by atoms with E-state index >= 15 is 0 Å². The highest BCUT2D eigenvalue weighted by molar-refractivity contribution is 7.89. The molecule has 2 aliphatic rings. The Kier molecular flexibility index (Phi) is 7.54. The van der Waals surface area contributed by atoms with Gasteiger partial charge in [0.2, 0.25) is 15.9 Å². The summed E-state index contributed by atoms with van der Waals surface area (Å²) in [6, 6.07) is 12.8. The van der Waals surface area contributed by atoms with Gasteiger partial charge in [-0.3, -0.25) is 4.79 Å². The Labute approximate surface area is 200 Å². The van der Waals surface area contributed by atoms with Crippen LogP contribution in [-0.4, -0.2) is 69.5 Å². The molecule has 9 heteroatoms. The number of hydrogen-bond donors (Lipinski definition) is 0. The van der Waals surface area contributed by atoms with E-state index in [1.54, 1.807) is 42.2 Å². The van der Waals surface area contributed by atoms with Gasteiger partial charge in [0, 0.05) is 38.0 Å². The predicted octanol–water partition coefficient (Wildman–Crippen LogP) is 3.23. The molecule has 2 saturated heterocycles. The minimum atomic E-state index is -3.62. The van der Waals surface area contributed by atoms with Crippen LogP contribution in [0, 0.1) is 18.2 Å². The summed E-state index contributed by atoms with van der Waals surface area (Å²) in [5, 5.41) is 0. The van der Waals surface area contributed by atoms with Gasteiger partial charge in [-0.1, -0.05) is 18.2 Å². The first-order chi connectivity index (χ1) is 16.3. The summed E-state index contributed by atoms with van der Waals surface area (Å²) in [7, 11) is -3.62. The SMILES string of the molecule is Cc1ccccc1S(=O)(=O)N1CCC(COc2ccc(F)cc2)(CC(=O)N2CCOCC2)CC1. The average Bonchev–Trinajstić information content (AvgIpc) is 2.85. The molecule has 2 aromatic carbocycles. The van der Waals surface area contributed by atoms with Crippen molar-refractivity contribution < 1.29 is 27.1 Å². The molecule has 34 heavy (non-hydrogen) atoms. The number of nitrogens with zero attached hydrogens (tertiary/aromatic N) is 2. The van der Waals surface area contributed by atoms with E-state index in [1.165, 1.54) is 16.4 Å². The minimum absolute atomic E-state index is 0.0289. The van der Waals surface area contributed by atoms with Gasteiger partial charge < -0.3 is 14.4 Å². The summed E-state index contributed by atoms with van der Waals surface area (Å²) in [6.45, 7) is 4.81. The van der Waals surface area contributed by atoms with E-state index in [0.717, 1.165) is 0 Å². The van der Waals surface area contributed by atoms with E-state index in [0.29, 0.717) is 68.4 Å². The number of piperidine rings is 1. The van der Waals surface area contributed by atoms with Crippen molar-refractivity contribution in [1.29, 1.82) is 0 Å². The molecule has 0 radical (unpaired) electrons. The van der Waals surface area contributed by atoms with Gasteiger partial charge >= 0.3 is 0 Å². The Bertz CT molecular complexity index is 1090. The van der Waals surface area contributed by atoms with Gasteiger partial charge in [-0.05, 0) is 55.7 Å². The molecule has 0 N–H and O–H groups in total. The molecule has 2 aromatic rings. The molecule has 2 aliphatic heterocycles. The molecule has 0 unspecified atom stereocenters. The van der Waals surface area contributed by atoms with Gasteiger partial charge in [-0.2, -0.15) is 4.31 Å². The molecule has 7 nitrogen and oxygen atoms in total. The predicted molar refractivity (Wildman–Crippen MR) is 126 cm³/mol. The number of carbonyl (C=O) groups excluding carboxylic acids is 1. The Morgan fingerprint density at radius 3 is 2.32 bits per heavy atom. The Balaban J connectivity index is 1.50. The van der Waals surface area contributed by atoms with E-state index in [9.17, 15) is 17.6 Å². The molecule has 0 bridgehead atoms. The van der Waals surface area contributed by atoms with E-state index in [4.69, 9.17) is 9.47 Å². The fourth-order valence-corrected chi connectivity index (χ4v) is 6.24. The zero-order valence-electron chi connectivity index (χ0n) is 19.4. The van der Waals surface area contributed by atoms with Gasteiger partial charge in [0.25, 0.3) is 0 Å². The van der Waals surface area contributed by atoms with Crippen molar-refractivity contribution in [2.24, 2.45) is 5.41 Å². The topological polar surface area (TPSA) is 76.2 Å². The number of carbonyl (C=O) groups is 1. The molecule has 1 amide bonds.